The number of nitrogens with zero attached hydrogens (tertiary/aromatic N) is 6. The molecule has 0 bridgehead atoms. The van der Waals surface area contributed by atoms with E-state index in [1.807, 2.05) is 33.9 Å². The van der Waals surface area contributed by atoms with Gasteiger partial charge in [0.1, 0.15) is 37.5 Å². The molecule has 0 aliphatic carbocycles. The van der Waals surface area contributed by atoms with Crippen LogP contribution in [0.1, 0.15) is 10.4 Å². The first-order valence-corrected chi connectivity index (χ1v) is 9.53. The molecule has 9 nitrogen and oxygen atoms in total. The molecule has 0 spiro atoms. The normalized spacial score (nSPS) is 16.0. The second-order valence-electron chi connectivity index (χ2n) is 6.81. The second kappa shape index (κ2) is 7.42. The molecule has 1 amide bonds. The summed E-state index contributed by atoms with van der Waals surface area (Å²) >= 11 is 0. The third kappa shape index (κ3) is 3.35. The van der Waals surface area contributed by atoms with Gasteiger partial charge in [-0.05, 0) is 12.1 Å². The Balaban J connectivity index is 1.29. The Kier molecular flexibility index (Phi) is 4.47. The fourth-order valence-electron chi connectivity index (χ4n) is 3.60. The number of anilines is 1. The minimum atomic E-state index is -0.0335. The maximum Gasteiger partial charge on any atom is 0.257 e. The van der Waals surface area contributed by atoms with E-state index in [0.717, 1.165) is 11.6 Å². The third-order valence-electron chi connectivity index (χ3n) is 5.09. The number of ether oxygens (including phenoxy) is 2. The van der Waals surface area contributed by atoms with E-state index in [2.05, 4.69) is 19.9 Å². The van der Waals surface area contributed by atoms with Crippen LogP contribution in [-0.2, 0) is 0 Å². The topological polar surface area (TPSA) is 85.6 Å². The van der Waals surface area contributed by atoms with Gasteiger partial charge in [-0.3, -0.25) is 9.36 Å². The highest BCUT2D eigenvalue weighted by molar-refractivity contribution is 5.98. The molecular formula is C20H20N6O3. The molecule has 148 valence electrons. The van der Waals surface area contributed by atoms with Gasteiger partial charge in [0.05, 0.1) is 5.56 Å². The number of amides is 1. The number of aromatic nitrogens is 4. The second-order valence-corrected chi connectivity index (χ2v) is 6.81. The largest absolute Gasteiger partial charge is 0.486 e. The summed E-state index contributed by atoms with van der Waals surface area (Å²) in [7, 11) is 0. The molecule has 4 heterocycles. The number of benzene rings is 1. The standard InChI is InChI=1S/C20H20N6O3/c27-20(15-2-1-3-16-19(15)29-11-10-28-16)25-8-6-24(7-9-25)17-12-18(23-13-22-17)26-5-4-21-14-26/h1-5,12-14H,6-11H2. The van der Waals surface area contributed by atoms with Crippen LogP contribution in [0.4, 0.5) is 5.82 Å². The summed E-state index contributed by atoms with van der Waals surface area (Å²) in [6.07, 6.45) is 6.81. The molecule has 0 unspecified atom stereocenters. The van der Waals surface area contributed by atoms with Gasteiger partial charge in [0.15, 0.2) is 11.5 Å². The highest BCUT2D eigenvalue weighted by Crippen LogP contribution is 2.34. The van der Waals surface area contributed by atoms with Crippen molar-refractivity contribution in [2.24, 2.45) is 0 Å². The zero-order valence-electron chi connectivity index (χ0n) is 15.8. The van der Waals surface area contributed by atoms with Crippen LogP contribution in [0.2, 0.25) is 0 Å². The molecule has 0 atom stereocenters. The molecule has 3 aromatic rings. The lowest BCUT2D eigenvalue weighted by atomic mass is 10.1. The fraction of sp³-hybridized carbons (Fsp3) is 0.300. The summed E-state index contributed by atoms with van der Waals surface area (Å²) in [5.41, 5.74) is 0.556. The molecule has 2 aliphatic rings. The predicted molar refractivity (Wildman–Crippen MR) is 105 cm³/mol. The van der Waals surface area contributed by atoms with Crippen LogP contribution in [0, 0.1) is 0 Å². The van der Waals surface area contributed by atoms with Gasteiger partial charge in [0.25, 0.3) is 5.91 Å². The quantitative estimate of drug-likeness (QED) is 0.666. The molecule has 9 heteroatoms. The zero-order chi connectivity index (χ0) is 19.6. The Morgan fingerprint density at radius 1 is 1.00 bits per heavy atom. The monoisotopic (exact) mass is 392 g/mol. The van der Waals surface area contributed by atoms with Crippen molar-refractivity contribution in [1.82, 2.24) is 24.4 Å². The number of hydrogen-bond acceptors (Lipinski definition) is 7. The molecule has 0 saturated carbocycles. The van der Waals surface area contributed by atoms with E-state index >= 15 is 0 Å². The Hall–Kier alpha value is -3.62. The third-order valence-corrected chi connectivity index (χ3v) is 5.09. The molecule has 5 rings (SSSR count). The van der Waals surface area contributed by atoms with Gasteiger partial charge in [-0.1, -0.05) is 6.07 Å². The fourth-order valence-corrected chi connectivity index (χ4v) is 3.60. The molecule has 1 fully saturated rings. The van der Waals surface area contributed by atoms with E-state index in [9.17, 15) is 4.79 Å². The smallest absolute Gasteiger partial charge is 0.257 e. The molecule has 29 heavy (non-hydrogen) atoms. The lowest BCUT2D eigenvalue weighted by molar-refractivity contribution is 0.0736. The van der Waals surface area contributed by atoms with Crippen LogP contribution in [0.15, 0.2) is 49.3 Å². The van der Waals surface area contributed by atoms with Crippen molar-refractivity contribution in [2.75, 3.05) is 44.3 Å². The van der Waals surface area contributed by atoms with Crippen LogP contribution in [0.25, 0.3) is 5.82 Å². The van der Waals surface area contributed by atoms with Crippen LogP contribution in [-0.4, -0.2) is 69.7 Å². The first-order valence-electron chi connectivity index (χ1n) is 9.53. The number of para-hydroxylation sites is 1. The Morgan fingerprint density at radius 3 is 2.66 bits per heavy atom. The number of imidazole rings is 1. The van der Waals surface area contributed by atoms with E-state index in [4.69, 9.17) is 9.47 Å². The van der Waals surface area contributed by atoms with Crippen molar-refractivity contribution in [1.29, 1.82) is 0 Å². The van der Waals surface area contributed by atoms with Crippen molar-refractivity contribution in [3.8, 4) is 17.3 Å². The number of hydrogen-bond donors (Lipinski definition) is 0. The molecule has 1 saturated heterocycles. The van der Waals surface area contributed by atoms with Crippen LogP contribution < -0.4 is 14.4 Å². The maximum atomic E-state index is 13.1. The van der Waals surface area contributed by atoms with Crippen molar-refractivity contribution < 1.29 is 14.3 Å². The van der Waals surface area contributed by atoms with Crippen molar-refractivity contribution >= 4 is 11.7 Å². The number of rotatable bonds is 3. The van der Waals surface area contributed by atoms with Crippen molar-refractivity contribution in [2.45, 2.75) is 0 Å². The van der Waals surface area contributed by atoms with Gasteiger partial charge in [-0.25, -0.2) is 15.0 Å². The Bertz CT molecular complexity index is 1010. The Labute approximate surface area is 167 Å². The number of carbonyl (C=O) groups excluding carboxylic acids is 1. The van der Waals surface area contributed by atoms with Gasteiger partial charge in [0, 0.05) is 44.6 Å². The lowest BCUT2D eigenvalue weighted by Gasteiger charge is -2.35. The van der Waals surface area contributed by atoms with Crippen molar-refractivity contribution in [3.63, 3.8) is 0 Å². The zero-order valence-corrected chi connectivity index (χ0v) is 15.8. The number of piperazine rings is 1. The van der Waals surface area contributed by atoms with Gasteiger partial charge >= 0.3 is 0 Å². The number of fused-ring (bicyclic) bond motifs is 1. The predicted octanol–water partition coefficient (Wildman–Crippen LogP) is 1.40. The lowest BCUT2D eigenvalue weighted by Crippen LogP contribution is -2.49. The van der Waals surface area contributed by atoms with Crippen LogP contribution in [0.5, 0.6) is 11.5 Å². The van der Waals surface area contributed by atoms with Gasteiger partial charge in [0.2, 0.25) is 0 Å². The molecule has 0 N–H and O–H groups in total. The molecule has 2 aromatic heterocycles. The average Bonchev–Trinajstić information content (AvgIpc) is 3.34. The summed E-state index contributed by atoms with van der Waals surface area (Å²) in [6, 6.07) is 7.38. The highest BCUT2D eigenvalue weighted by atomic mass is 16.6. The molecule has 2 aliphatic heterocycles. The van der Waals surface area contributed by atoms with E-state index in [1.165, 1.54) is 0 Å². The van der Waals surface area contributed by atoms with Crippen LogP contribution >= 0.6 is 0 Å². The highest BCUT2D eigenvalue weighted by Gasteiger charge is 2.27. The molecular weight excluding hydrogens is 372 g/mol. The van der Waals surface area contributed by atoms with E-state index in [1.54, 1.807) is 24.9 Å². The average molecular weight is 392 g/mol. The van der Waals surface area contributed by atoms with Crippen molar-refractivity contribution in [3.05, 3.63) is 54.9 Å². The molecule has 1 aromatic carbocycles. The van der Waals surface area contributed by atoms with Gasteiger partial charge < -0.3 is 19.3 Å². The first kappa shape index (κ1) is 17.5. The minimum Gasteiger partial charge on any atom is -0.486 e. The Morgan fingerprint density at radius 2 is 1.83 bits per heavy atom. The van der Waals surface area contributed by atoms with E-state index < -0.39 is 0 Å². The summed E-state index contributed by atoms with van der Waals surface area (Å²) in [6.45, 7) is 3.56. The van der Waals surface area contributed by atoms with E-state index in [0.29, 0.717) is 56.5 Å². The van der Waals surface area contributed by atoms with E-state index in [-0.39, 0.29) is 5.91 Å². The number of carbonyl (C=O) groups is 1. The minimum absolute atomic E-state index is 0.0335. The summed E-state index contributed by atoms with van der Waals surface area (Å²) in [4.78, 5) is 29.8. The molecule has 0 radical (unpaired) electrons. The summed E-state index contributed by atoms with van der Waals surface area (Å²) < 4.78 is 13.1. The van der Waals surface area contributed by atoms with Gasteiger partial charge in [-0.2, -0.15) is 0 Å². The maximum absolute atomic E-state index is 13.1. The first-order chi connectivity index (χ1) is 14.3. The summed E-state index contributed by atoms with van der Waals surface area (Å²) in [5.74, 6) is 2.75. The summed E-state index contributed by atoms with van der Waals surface area (Å²) in [5, 5.41) is 0. The van der Waals surface area contributed by atoms with Gasteiger partial charge in [-0.15, -0.1) is 0 Å². The SMILES string of the molecule is O=C(c1cccc2c1OCCO2)N1CCN(c2cc(-n3ccnc3)ncn2)CC1. The van der Waals surface area contributed by atoms with Crippen LogP contribution in [0.3, 0.4) is 0 Å².